The lowest BCUT2D eigenvalue weighted by molar-refractivity contribution is 0.102. The first kappa shape index (κ1) is 18.3. The Morgan fingerprint density at radius 3 is 2.71 bits per heavy atom. The minimum absolute atomic E-state index is 0.213. The van der Waals surface area contributed by atoms with Gasteiger partial charge < -0.3 is 0 Å². The number of hydrogen-bond donors (Lipinski definition) is 1. The van der Waals surface area contributed by atoms with E-state index in [9.17, 15) is 4.79 Å². The summed E-state index contributed by atoms with van der Waals surface area (Å²) in [6.45, 7) is 6.22. The van der Waals surface area contributed by atoms with E-state index in [2.05, 4.69) is 51.6 Å². The molecule has 0 fully saturated rings. The molecule has 0 bridgehead atoms. The van der Waals surface area contributed by atoms with Gasteiger partial charge in [-0.05, 0) is 31.9 Å². The second kappa shape index (κ2) is 7.52. The van der Waals surface area contributed by atoms with E-state index < -0.39 is 0 Å². The van der Waals surface area contributed by atoms with Crippen LogP contribution in [0.2, 0.25) is 0 Å². The smallest absolute Gasteiger partial charge is 0.259 e. The van der Waals surface area contributed by atoms with Gasteiger partial charge in [0.05, 0.1) is 17.5 Å². The van der Waals surface area contributed by atoms with E-state index in [1.165, 1.54) is 16.9 Å². The fourth-order valence-electron chi connectivity index (χ4n) is 2.99. The fraction of sp³-hybridized carbons (Fsp3) is 0.238. The van der Waals surface area contributed by atoms with Gasteiger partial charge in [-0.25, -0.2) is 14.6 Å². The minimum atomic E-state index is -0.228. The van der Waals surface area contributed by atoms with Crippen LogP contribution in [0.4, 0.5) is 5.13 Å². The Balaban J connectivity index is 1.52. The van der Waals surface area contributed by atoms with Gasteiger partial charge in [0, 0.05) is 28.6 Å². The highest BCUT2D eigenvalue weighted by atomic mass is 32.1. The van der Waals surface area contributed by atoms with Crippen molar-refractivity contribution in [3.05, 3.63) is 59.2 Å². The molecule has 7 heteroatoms. The topological polar surface area (TPSA) is 72.7 Å². The molecule has 1 aromatic carbocycles. The van der Waals surface area contributed by atoms with Crippen molar-refractivity contribution in [2.75, 3.05) is 5.32 Å². The van der Waals surface area contributed by atoms with Crippen LogP contribution in [0.3, 0.4) is 0 Å². The molecule has 28 heavy (non-hydrogen) atoms. The summed E-state index contributed by atoms with van der Waals surface area (Å²) in [6, 6.07) is 10.3. The van der Waals surface area contributed by atoms with E-state index in [1.54, 1.807) is 12.4 Å². The molecular formula is C21H21N5OS. The summed E-state index contributed by atoms with van der Waals surface area (Å²) in [6.07, 6.45) is 4.32. The third kappa shape index (κ3) is 3.53. The monoisotopic (exact) mass is 391 g/mol. The predicted molar refractivity (Wildman–Crippen MR) is 113 cm³/mol. The van der Waals surface area contributed by atoms with Gasteiger partial charge in [-0.3, -0.25) is 10.1 Å². The van der Waals surface area contributed by atoms with Crippen molar-refractivity contribution in [3.8, 4) is 11.3 Å². The highest BCUT2D eigenvalue weighted by molar-refractivity contribution is 7.14. The zero-order valence-corrected chi connectivity index (χ0v) is 16.8. The Bertz CT molecular complexity index is 1130. The van der Waals surface area contributed by atoms with Gasteiger partial charge in [0.2, 0.25) is 0 Å². The van der Waals surface area contributed by atoms with Gasteiger partial charge >= 0.3 is 0 Å². The lowest BCUT2D eigenvalue weighted by atomic mass is 10.1. The molecule has 3 aromatic heterocycles. The molecular weight excluding hydrogens is 370 g/mol. The van der Waals surface area contributed by atoms with Crippen LogP contribution in [-0.4, -0.2) is 25.7 Å². The summed E-state index contributed by atoms with van der Waals surface area (Å²) < 4.78 is 1.84. The van der Waals surface area contributed by atoms with E-state index in [0.29, 0.717) is 10.7 Å². The third-order valence-corrected chi connectivity index (χ3v) is 5.32. The quantitative estimate of drug-likeness (QED) is 0.522. The maximum absolute atomic E-state index is 12.6. The van der Waals surface area contributed by atoms with Crippen LogP contribution in [0.15, 0.2) is 48.1 Å². The molecule has 0 unspecified atom stereocenters. The van der Waals surface area contributed by atoms with Crippen molar-refractivity contribution in [1.29, 1.82) is 0 Å². The molecule has 0 saturated carbocycles. The molecule has 0 radical (unpaired) electrons. The largest absolute Gasteiger partial charge is 0.298 e. The van der Waals surface area contributed by atoms with E-state index in [0.717, 1.165) is 28.7 Å². The minimum Gasteiger partial charge on any atom is -0.298 e. The Kier molecular flexibility index (Phi) is 4.92. The highest BCUT2D eigenvalue weighted by Crippen LogP contribution is 2.26. The molecule has 0 aliphatic carbocycles. The van der Waals surface area contributed by atoms with Gasteiger partial charge in [-0.1, -0.05) is 31.2 Å². The summed E-state index contributed by atoms with van der Waals surface area (Å²) in [4.78, 5) is 21.6. The number of benzene rings is 1. The zero-order chi connectivity index (χ0) is 19.7. The molecule has 3 heterocycles. The maximum Gasteiger partial charge on any atom is 0.259 e. The number of rotatable bonds is 5. The predicted octanol–water partition coefficient (Wildman–Crippen LogP) is 4.95. The number of anilines is 1. The first-order chi connectivity index (χ1) is 13.5. The molecule has 1 N–H and O–H groups in total. The molecule has 0 atom stereocenters. The summed E-state index contributed by atoms with van der Waals surface area (Å²) in [5.41, 5.74) is 4.45. The molecule has 1 amide bonds. The van der Waals surface area contributed by atoms with Crippen LogP contribution >= 0.6 is 11.3 Å². The standard InChI is InChI=1S/C21H21N5OS/c1-4-14-5-7-15(8-6-14)18-12-28-21(24-18)25-20(27)17-9-16-11-23-26(13(2)3)19(16)22-10-17/h5-13H,4H2,1-3H3,(H,24,25,27). The number of fused-ring (bicyclic) bond motifs is 1. The van der Waals surface area contributed by atoms with Crippen molar-refractivity contribution >= 4 is 33.4 Å². The van der Waals surface area contributed by atoms with Crippen LogP contribution in [-0.2, 0) is 6.42 Å². The average Bonchev–Trinajstić information content (AvgIpc) is 3.34. The van der Waals surface area contributed by atoms with Crippen LogP contribution < -0.4 is 5.32 Å². The van der Waals surface area contributed by atoms with Crippen molar-refractivity contribution in [2.24, 2.45) is 0 Å². The number of aryl methyl sites for hydroxylation is 1. The van der Waals surface area contributed by atoms with Crippen LogP contribution in [0, 0.1) is 0 Å². The van der Waals surface area contributed by atoms with E-state index in [4.69, 9.17) is 0 Å². The highest BCUT2D eigenvalue weighted by Gasteiger charge is 2.14. The van der Waals surface area contributed by atoms with Crippen molar-refractivity contribution in [1.82, 2.24) is 19.7 Å². The Hall–Kier alpha value is -3.06. The average molecular weight is 392 g/mol. The number of nitrogens with one attached hydrogen (secondary N) is 1. The number of amides is 1. The second-order valence-electron chi connectivity index (χ2n) is 6.86. The SMILES string of the molecule is CCc1ccc(-c2csc(NC(=O)c3cnc4c(cnn4C(C)C)c3)n2)cc1. The summed E-state index contributed by atoms with van der Waals surface area (Å²) in [5, 5.41) is 10.6. The molecule has 0 aliphatic rings. The fourth-order valence-corrected chi connectivity index (χ4v) is 3.70. The molecule has 0 spiro atoms. The number of carbonyl (C=O) groups is 1. The van der Waals surface area contributed by atoms with Gasteiger partial charge in [-0.15, -0.1) is 11.3 Å². The lowest BCUT2D eigenvalue weighted by Crippen LogP contribution is -2.12. The Labute approximate surface area is 167 Å². The van der Waals surface area contributed by atoms with Gasteiger partial charge in [0.15, 0.2) is 10.8 Å². The number of aromatic nitrogens is 4. The van der Waals surface area contributed by atoms with Gasteiger partial charge in [0.25, 0.3) is 5.91 Å². The van der Waals surface area contributed by atoms with Gasteiger partial charge in [0.1, 0.15) is 0 Å². The van der Waals surface area contributed by atoms with Crippen molar-refractivity contribution < 1.29 is 4.79 Å². The first-order valence-corrected chi connectivity index (χ1v) is 10.1. The third-order valence-electron chi connectivity index (χ3n) is 4.57. The van der Waals surface area contributed by atoms with Crippen LogP contribution in [0.25, 0.3) is 22.3 Å². The van der Waals surface area contributed by atoms with E-state index in [-0.39, 0.29) is 11.9 Å². The Morgan fingerprint density at radius 1 is 1.21 bits per heavy atom. The number of nitrogens with zero attached hydrogens (tertiary/aromatic N) is 4. The maximum atomic E-state index is 12.6. The van der Waals surface area contributed by atoms with Gasteiger partial charge in [-0.2, -0.15) is 5.10 Å². The molecule has 4 aromatic rings. The summed E-state index contributed by atoms with van der Waals surface area (Å²) in [7, 11) is 0. The van der Waals surface area contributed by atoms with Crippen LogP contribution in [0.5, 0.6) is 0 Å². The first-order valence-electron chi connectivity index (χ1n) is 9.24. The van der Waals surface area contributed by atoms with Crippen LogP contribution in [0.1, 0.15) is 42.7 Å². The lowest BCUT2D eigenvalue weighted by Gasteiger charge is -2.06. The Morgan fingerprint density at radius 2 is 2.00 bits per heavy atom. The molecule has 4 rings (SSSR count). The molecule has 142 valence electrons. The molecule has 0 aliphatic heterocycles. The van der Waals surface area contributed by atoms with E-state index in [1.807, 2.05) is 30.0 Å². The number of carbonyl (C=O) groups excluding carboxylic acids is 1. The second-order valence-corrected chi connectivity index (χ2v) is 7.72. The van der Waals surface area contributed by atoms with E-state index >= 15 is 0 Å². The number of hydrogen-bond acceptors (Lipinski definition) is 5. The number of pyridine rings is 1. The zero-order valence-electron chi connectivity index (χ0n) is 16.0. The van der Waals surface area contributed by atoms with Crippen molar-refractivity contribution in [2.45, 2.75) is 33.2 Å². The summed E-state index contributed by atoms with van der Waals surface area (Å²) >= 11 is 1.41. The van der Waals surface area contributed by atoms with Crippen molar-refractivity contribution in [3.63, 3.8) is 0 Å². The summed E-state index contributed by atoms with van der Waals surface area (Å²) in [5.74, 6) is -0.228. The number of thiazole rings is 1. The normalized spacial score (nSPS) is 11.3. The molecule has 6 nitrogen and oxygen atoms in total. The molecule has 0 saturated heterocycles.